The number of amides is 1. The van der Waals surface area contributed by atoms with E-state index in [1.54, 1.807) is 0 Å². The number of fused-ring (bicyclic) bond motifs is 1. The van der Waals surface area contributed by atoms with E-state index in [4.69, 9.17) is 10.00 Å². The fraction of sp³-hybridized carbons (Fsp3) is 0.588. The Morgan fingerprint density at radius 2 is 2.13 bits per heavy atom. The number of nitriles is 1. The Kier molecular flexibility index (Phi) is 5.10. The highest BCUT2D eigenvalue weighted by Crippen LogP contribution is 2.44. The summed E-state index contributed by atoms with van der Waals surface area (Å²) in [7, 11) is 1.34. The van der Waals surface area contributed by atoms with Gasteiger partial charge in [-0.1, -0.05) is 20.8 Å². The highest BCUT2D eigenvalue weighted by Gasteiger charge is 2.34. The second-order valence-corrected chi connectivity index (χ2v) is 7.99. The van der Waals surface area contributed by atoms with Gasteiger partial charge in [-0.05, 0) is 36.2 Å². The number of hydrogen-bond donors (Lipinski definition) is 1. The Labute approximate surface area is 140 Å². The molecule has 0 bridgehead atoms. The van der Waals surface area contributed by atoms with E-state index in [1.807, 2.05) is 6.07 Å². The first-order chi connectivity index (χ1) is 10.8. The van der Waals surface area contributed by atoms with Gasteiger partial charge in [0.1, 0.15) is 11.4 Å². The maximum Gasteiger partial charge on any atom is 0.341 e. The topological polar surface area (TPSA) is 79.2 Å². The Morgan fingerprint density at radius 3 is 2.70 bits per heavy atom. The van der Waals surface area contributed by atoms with Crippen molar-refractivity contribution in [2.45, 2.75) is 46.5 Å². The summed E-state index contributed by atoms with van der Waals surface area (Å²) in [5.74, 6) is -0.283. The van der Waals surface area contributed by atoms with Gasteiger partial charge in [-0.15, -0.1) is 11.3 Å². The van der Waals surface area contributed by atoms with Crippen LogP contribution in [0.1, 0.15) is 54.4 Å². The molecule has 23 heavy (non-hydrogen) atoms. The third-order valence-corrected chi connectivity index (χ3v) is 5.54. The van der Waals surface area contributed by atoms with Crippen molar-refractivity contribution in [3.8, 4) is 6.07 Å². The van der Waals surface area contributed by atoms with E-state index in [9.17, 15) is 9.59 Å². The predicted octanol–water partition coefficient (Wildman–Crippen LogP) is 3.54. The molecule has 0 unspecified atom stereocenters. The highest BCUT2D eigenvalue weighted by atomic mass is 32.1. The van der Waals surface area contributed by atoms with Gasteiger partial charge in [0, 0.05) is 4.88 Å². The summed E-state index contributed by atoms with van der Waals surface area (Å²) in [5.41, 5.74) is 1.66. The molecular weight excluding hydrogens is 312 g/mol. The summed E-state index contributed by atoms with van der Waals surface area (Å²) in [4.78, 5) is 25.0. The van der Waals surface area contributed by atoms with E-state index in [0.717, 1.165) is 29.7 Å². The van der Waals surface area contributed by atoms with Crippen LogP contribution in [0.15, 0.2) is 0 Å². The van der Waals surface area contributed by atoms with Crippen LogP contribution in [0.5, 0.6) is 0 Å². The van der Waals surface area contributed by atoms with E-state index >= 15 is 0 Å². The molecule has 1 aromatic heterocycles. The molecule has 1 heterocycles. The number of esters is 1. The van der Waals surface area contributed by atoms with Crippen LogP contribution in [0.2, 0.25) is 0 Å². The molecular formula is C17H22N2O3S. The van der Waals surface area contributed by atoms with Crippen LogP contribution in [0.25, 0.3) is 0 Å². The van der Waals surface area contributed by atoms with Crippen molar-refractivity contribution in [3.05, 3.63) is 16.0 Å². The van der Waals surface area contributed by atoms with Gasteiger partial charge in [0.2, 0.25) is 5.91 Å². The number of methoxy groups -OCH3 is 1. The van der Waals surface area contributed by atoms with E-state index in [-0.39, 0.29) is 11.8 Å². The quantitative estimate of drug-likeness (QED) is 0.858. The standard InChI is InChI=1S/C17H22N2O3S/c1-17(2,3)10-5-6-11-12(9-10)23-15(14(11)16(21)22-4)19-13(20)7-8-18/h10H,5-7,9H2,1-4H3,(H,19,20)/t10-/m1/s1. The molecule has 0 aromatic carbocycles. The van der Waals surface area contributed by atoms with Crippen LogP contribution in [0.4, 0.5) is 5.00 Å². The van der Waals surface area contributed by atoms with Gasteiger partial charge in [0.05, 0.1) is 18.7 Å². The second-order valence-electron chi connectivity index (χ2n) is 6.89. The number of nitrogens with zero attached hydrogens (tertiary/aromatic N) is 1. The molecule has 0 saturated carbocycles. The average molecular weight is 334 g/mol. The molecule has 1 aliphatic carbocycles. The predicted molar refractivity (Wildman–Crippen MR) is 89.5 cm³/mol. The Morgan fingerprint density at radius 1 is 1.43 bits per heavy atom. The first-order valence-electron chi connectivity index (χ1n) is 7.67. The van der Waals surface area contributed by atoms with Gasteiger partial charge < -0.3 is 10.1 Å². The first-order valence-corrected chi connectivity index (χ1v) is 8.49. The van der Waals surface area contributed by atoms with Crippen LogP contribution in [-0.2, 0) is 22.4 Å². The Bertz CT molecular complexity index is 665. The van der Waals surface area contributed by atoms with Gasteiger partial charge in [0.15, 0.2) is 0 Å². The highest BCUT2D eigenvalue weighted by molar-refractivity contribution is 7.17. The van der Waals surface area contributed by atoms with Crippen molar-refractivity contribution in [3.63, 3.8) is 0 Å². The summed E-state index contributed by atoms with van der Waals surface area (Å²) < 4.78 is 4.89. The minimum absolute atomic E-state index is 0.206. The molecule has 124 valence electrons. The lowest BCUT2D eigenvalue weighted by molar-refractivity contribution is -0.115. The van der Waals surface area contributed by atoms with Crippen molar-refractivity contribution in [2.24, 2.45) is 11.3 Å². The van der Waals surface area contributed by atoms with Crippen LogP contribution in [0, 0.1) is 22.7 Å². The van der Waals surface area contributed by atoms with Crippen molar-refractivity contribution in [1.82, 2.24) is 0 Å². The van der Waals surface area contributed by atoms with Gasteiger partial charge in [-0.25, -0.2) is 4.79 Å². The Balaban J connectivity index is 2.37. The van der Waals surface area contributed by atoms with Crippen LogP contribution >= 0.6 is 11.3 Å². The third-order valence-electron chi connectivity index (χ3n) is 4.37. The average Bonchev–Trinajstić information content (AvgIpc) is 2.82. The van der Waals surface area contributed by atoms with Gasteiger partial charge >= 0.3 is 5.97 Å². The molecule has 2 rings (SSSR count). The third kappa shape index (κ3) is 3.73. The van der Waals surface area contributed by atoms with Crippen LogP contribution in [0.3, 0.4) is 0 Å². The number of hydrogen-bond acceptors (Lipinski definition) is 5. The van der Waals surface area contributed by atoms with Crippen molar-refractivity contribution >= 4 is 28.2 Å². The largest absolute Gasteiger partial charge is 0.465 e. The fourth-order valence-corrected chi connectivity index (χ4v) is 4.31. The van der Waals surface area contributed by atoms with Gasteiger partial charge in [-0.3, -0.25) is 4.79 Å². The summed E-state index contributed by atoms with van der Waals surface area (Å²) in [6.45, 7) is 6.69. The second kappa shape index (κ2) is 6.71. The fourth-order valence-electron chi connectivity index (χ4n) is 2.97. The number of anilines is 1. The van der Waals surface area contributed by atoms with Crippen LogP contribution in [-0.4, -0.2) is 19.0 Å². The number of carbonyl (C=O) groups is 2. The molecule has 1 atom stereocenters. The molecule has 5 nitrogen and oxygen atoms in total. The van der Waals surface area contributed by atoms with E-state index in [1.165, 1.54) is 18.4 Å². The normalized spacial score (nSPS) is 17.1. The summed E-state index contributed by atoms with van der Waals surface area (Å²) in [6, 6.07) is 1.82. The molecule has 6 heteroatoms. The number of ether oxygens (including phenoxy) is 1. The maximum absolute atomic E-state index is 12.2. The molecule has 0 radical (unpaired) electrons. The molecule has 0 spiro atoms. The van der Waals surface area contributed by atoms with E-state index < -0.39 is 11.9 Å². The number of carbonyl (C=O) groups excluding carboxylic acids is 2. The lowest BCUT2D eigenvalue weighted by Crippen LogP contribution is -2.26. The van der Waals surface area contributed by atoms with E-state index in [0.29, 0.717) is 16.5 Å². The maximum atomic E-state index is 12.2. The molecule has 0 aliphatic heterocycles. The molecule has 0 saturated heterocycles. The van der Waals surface area contributed by atoms with Crippen molar-refractivity contribution < 1.29 is 14.3 Å². The molecule has 1 N–H and O–H groups in total. The smallest absolute Gasteiger partial charge is 0.341 e. The van der Waals surface area contributed by atoms with Crippen molar-refractivity contribution in [1.29, 1.82) is 5.26 Å². The zero-order valence-electron chi connectivity index (χ0n) is 14.0. The van der Waals surface area contributed by atoms with Crippen molar-refractivity contribution in [2.75, 3.05) is 12.4 Å². The summed E-state index contributed by atoms with van der Waals surface area (Å²) >= 11 is 1.44. The monoisotopic (exact) mass is 334 g/mol. The molecule has 0 fully saturated rings. The molecule has 1 aromatic rings. The summed E-state index contributed by atoms with van der Waals surface area (Å²) in [6.07, 6.45) is 2.50. The van der Waals surface area contributed by atoms with Gasteiger partial charge in [-0.2, -0.15) is 5.26 Å². The minimum atomic E-state index is -0.427. The minimum Gasteiger partial charge on any atom is -0.465 e. The Hall–Kier alpha value is -1.87. The molecule has 1 aliphatic rings. The lowest BCUT2D eigenvalue weighted by atomic mass is 9.72. The lowest BCUT2D eigenvalue weighted by Gasteiger charge is -2.33. The van der Waals surface area contributed by atoms with Crippen LogP contribution < -0.4 is 5.32 Å². The number of rotatable bonds is 3. The van der Waals surface area contributed by atoms with Gasteiger partial charge in [0.25, 0.3) is 0 Å². The first kappa shape index (κ1) is 17.5. The number of thiophene rings is 1. The number of nitrogens with one attached hydrogen (secondary N) is 1. The zero-order valence-corrected chi connectivity index (χ0v) is 14.8. The SMILES string of the molecule is COC(=O)c1c(NC(=O)CC#N)sc2c1CC[C@@H](C(C)(C)C)C2. The van der Waals surface area contributed by atoms with E-state index in [2.05, 4.69) is 26.1 Å². The summed E-state index contributed by atoms with van der Waals surface area (Å²) in [5, 5.41) is 11.8. The zero-order chi connectivity index (χ0) is 17.2. The molecule has 1 amide bonds.